The van der Waals surface area contributed by atoms with E-state index in [0.29, 0.717) is 25.3 Å². The first-order chi connectivity index (χ1) is 9.60. The molecule has 0 bridgehead atoms. The number of hydrogen-bond acceptors (Lipinski definition) is 2. The van der Waals surface area contributed by atoms with E-state index in [1.54, 1.807) is 13.8 Å². The first-order valence-corrected chi connectivity index (χ1v) is 6.40. The van der Waals surface area contributed by atoms with Crippen molar-refractivity contribution in [1.29, 1.82) is 0 Å². The van der Waals surface area contributed by atoms with Gasteiger partial charge in [0.25, 0.3) is 5.91 Å². The lowest BCUT2D eigenvalue weighted by Crippen LogP contribution is -2.50. The van der Waals surface area contributed by atoms with Crippen molar-refractivity contribution in [3.8, 4) is 0 Å². The number of benzene rings is 1. The van der Waals surface area contributed by atoms with Gasteiger partial charge in [0.05, 0.1) is 17.8 Å². The number of morpholine rings is 1. The molecule has 1 aliphatic rings. The number of ether oxygens (including phenoxy) is 1. The molecule has 1 saturated heterocycles. The maximum atomic E-state index is 13.2. The highest BCUT2D eigenvalue weighted by atomic mass is 19.4. The van der Waals surface area contributed by atoms with Gasteiger partial charge in [0, 0.05) is 18.7 Å². The topological polar surface area (TPSA) is 29.5 Å². The Morgan fingerprint density at radius 1 is 1.33 bits per heavy atom. The number of nitrogens with zero attached hydrogens (tertiary/aromatic N) is 1. The molecule has 2 rings (SSSR count). The fraction of sp³-hybridized carbons (Fsp3) is 0.500. The molecule has 1 fully saturated rings. The highest BCUT2D eigenvalue weighted by Gasteiger charge is 2.36. The Hall–Kier alpha value is -1.63. The van der Waals surface area contributed by atoms with Gasteiger partial charge >= 0.3 is 6.18 Å². The van der Waals surface area contributed by atoms with E-state index in [-0.39, 0.29) is 12.1 Å². The Morgan fingerprint density at radius 3 is 2.57 bits per heavy atom. The minimum absolute atomic E-state index is 0.179. The van der Waals surface area contributed by atoms with Crippen LogP contribution in [0.4, 0.5) is 17.6 Å². The Balaban J connectivity index is 2.28. The van der Waals surface area contributed by atoms with E-state index >= 15 is 0 Å². The second-order valence-corrected chi connectivity index (χ2v) is 5.53. The minimum Gasteiger partial charge on any atom is -0.372 e. The van der Waals surface area contributed by atoms with Gasteiger partial charge in [0.2, 0.25) is 0 Å². The van der Waals surface area contributed by atoms with Crippen molar-refractivity contribution >= 4 is 5.91 Å². The number of alkyl halides is 3. The van der Waals surface area contributed by atoms with Crippen LogP contribution in [0.5, 0.6) is 0 Å². The smallest absolute Gasteiger partial charge is 0.372 e. The summed E-state index contributed by atoms with van der Waals surface area (Å²) in [6, 6.07) is 2.29. The summed E-state index contributed by atoms with van der Waals surface area (Å²) in [6.07, 6.45) is -4.83. The number of carbonyl (C=O) groups excluding carboxylic acids is 1. The van der Waals surface area contributed by atoms with Crippen molar-refractivity contribution in [2.24, 2.45) is 0 Å². The lowest BCUT2D eigenvalue weighted by molar-refractivity contribution is -0.140. The molecule has 1 aromatic rings. The Labute approximate surface area is 119 Å². The fourth-order valence-electron chi connectivity index (χ4n) is 2.25. The molecule has 1 amide bonds. The first-order valence-electron chi connectivity index (χ1n) is 6.40. The molecule has 0 aromatic heterocycles. The molecule has 21 heavy (non-hydrogen) atoms. The maximum Gasteiger partial charge on any atom is 0.419 e. The molecule has 116 valence electrons. The van der Waals surface area contributed by atoms with Gasteiger partial charge in [-0.25, -0.2) is 4.39 Å². The molecular formula is C14H15F4NO2. The van der Waals surface area contributed by atoms with Crippen LogP contribution in [0.15, 0.2) is 18.2 Å². The summed E-state index contributed by atoms with van der Waals surface area (Å²) in [6.45, 7) is 4.45. The molecule has 1 aromatic carbocycles. The van der Waals surface area contributed by atoms with Crippen LogP contribution in [0.1, 0.15) is 29.8 Å². The van der Waals surface area contributed by atoms with Crippen LogP contribution in [0, 0.1) is 5.82 Å². The van der Waals surface area contributed by atoms with Crippen molar-refractivity contribution in [2.45, 2.75) is 25.6 Å². The van der Waals surface area contributed by atoms with E-state index in [9.17, 15) is 22.4 Å². The summed E-state index contributed by atoms with van der Waals surface area (Å²) in [5.41, 5.74) is -2.16. The van der Waals surface area contributed by atoms with Crippen LogP contribution in [0.25, 0.3) is 0 Å². The van der Waals surface area contributed by atoms with Crippen LogP contribution >= 0.6 is 0 Å². The summed E-state index contributed by atoms with van der Waals surface area (Å²) in [5.74, 6) is -1.95. The van der Waals surface area contributed by atoms with Crippen molar-refractivity contribution in [3.63, 3.8) is 0 Å². The third-order valence-electron chi connectivity index (χ3n) is 3.23. The van der Waals surface area contributed by atoms with E-state index in [1.807, 2.05) is 0 Å². The van der Waals surface area contributed by atoms with E-state index in [2.05, 4.69) is 0 Å². The summed E-state index contributed by atoms with van der Waals surface area (Å²) in [5, 5.41) is 0. The van der Waals surface area contributed by atoms with Crippen LogP contribution in [0.3, 0.4) is 0 Å². The maximum absolute atomic E-state index is 13.2. The zero-order chi connectivity index (χ0) is 15.8. The van der Waals surface area contributed by atoms with Gasteiger partial charge in [0.15, 0.2) is 0 Å². The van der Waals surface area contributed by atoms with E-state index < -0.39 is 29.1 Å². The zero-order valence-electron chi connectivity index (χ0n) is 11.6. The third-order valence-corrected chi connectivity index (χ3v) is 3.23. The molecule has 0 spiro atoms. The molecule has 0 radical (unpaired) electrons. The van der Waals surface area contributed by atoms with Crippen molar-refractivity contribution in [1.82, 2.24) is 4.90 Å². The third kappa shape index (κ3) is 3.53. The minimum atomic E-state index is -4.83. The van der Waals surface area contributed by atoms with E-state index in [0.717, 1.165) is 6.07 Å². The zero-order valence-corrected chi connectivity index (χ0v) is 11.6. The molecule has 7 heteroatoms. The van der Waals surface area contributed by atoms with Gasteiger partial charge in [-0.05, 0) is 32.0 Å². The van der Waals surface area contributed by atoms with Gasteiger partial charge in [-0.2, -0.15) is 13.2 Å². The summed E-state index contributed by atoms with van der Waals surface area (Å²) in [4.78, 5) is 13.7. The average Bonchev–Trinajstić information content (AvgIpc) is 2.36. The fourth-order valence-corrected chi connectivity index (χ4v) is 2.25. The van der Waals surface area contributed by atoms with E-state index in [4.69, 9.17) is 4.74 Å². The number of hydrogen-bond donors (Lipinski definition) is 0. The predicted molar refractivity (Wildman–Crippen MR) is 67.3 cm³/mol. The largest absolute Gasteiger partial charge is 0.419 e. The second kappa shape index (κ2) is 5.29. The number of rotatable bonds is 1. The monoisotopic (exact) mass is 305 g/mol. The lowest BCUT2D eigenvalue weighted by atomic mass is 10.0. The van der Waals surface area contributed by atoms with Gasteiger partial charge in [-0.15, -0.1) is 0 Å². The average molecular weight is 305 g/mol. The molecule has 0 unspecified atom stereocenters. The second-order valence-electron chi connectivity index (χ2n) is 5.53. The van der Waals surface area contributed by atoms with Gasteiger partial charge < -0.3 is 9.64 Å². The molecule has 0 saturated carbocycles. The lowest BCUT2D eigenvalue weighted by Gasteiger charge is -2.38. The van der Waals surface area contributed by atoms with Gasteiger partial charge in [0.1, 0.15) is 5.82 Å². The molecular weight excluding hydrogens is 290 g/mol. The molecule has 0 aliphatic carbocycles. The van der Waals surface area contributed by atoms with Gasteiger partial charge in [-0.3, -0.25) is 4.79 Å². The van der Waals surface area contributed by atoms with Crippen LogP contribution in [-0.4, -0.2) is 36.1 Å². The molecule has 3 nitrogen and oxygen atoms in total. The molecule has 0 N–H and O–H groups in total. The number of halogens is 4. The van der Waals surface area contributed by atoms with Gasteiger partial charge in [-0.1, -0.05) is 0 Å². The predicted octanol–water partition coefficient (Wildman–Crippen LogP) is 3.10. The normalized spacial score (nSPS) is 18.7. The quantitative estimate of drug-likeness (QED) is 0.746. The summed E-state index contributed by atoms with van der Waals surface area (Å²) < 4.78 is 56.7. The standard InChI is InChI=1S/C14H15F4NO2/c1-13(2)8-19(5-6-21-13)12(20)9-3-4-11(15)10(7-9)14(16,17)18/h3-4,7H,5-6,8H2,1-2H3. The Bertz CT molecular complexity index is 554. The number of carbonyl (C=O) groups is 1. The molecule has 0 atom stereocenters. The molecule has 1 aliphatic heterocycles. The van der Waals surface area contributed by atoms with Crippen molar-refractivity contribution in [2.75, 3.05) is 19.7 Å². The number of amides is 1. The summed E-state index contributed by atoms with van der Waals surface area (Å²) in [7, 11) is 0. The Kier molecular flexibility index (Phi) is 3.97. The van der Waals surface area contributed by atoms with Crippen LogP contribution in [0.2, 0.25) is 0 Å². The SMILES string of the molecule is CC1(C)CN(C(=O)c2ccc(F)c(C(F)(F)F)c2)CCO1. The van der Waals surface area contributed by atoms with Crippen LogP contribution in [-0.2, 0) is 10.9 Å². The first kappa shape index (κ1) is 15.8. The van der Waals surface area contributed by atoms with Crippen molar-refractivity contribution < 1.29 is 27.1 Å². The van der Waals surface area contributed by atoms with Crippen molar-refractivity contribution in [3.05, 3.63) is 35.1 Å². The van der Waals surface area contributed by atoms with Crippen LogP contribution < -0.4 is 0 Å². The highest BCUT2D eigenvalue weighted by Crippen LogP contribution is 2.32. The highest BCUT2D eigenvalue weighted by molar-refractivity contribution is 5.94. The summed E-state index contributed by atoms with van der Waals surface area (Å²) >= 11 is 0. The Morgan fingerprint density at radius 2 is 2.00 bits per heavy atom. The van der Waals surface area contributed by atoms with E-state index in [1.165, 1.54) is 4.90 Å². The molecule has 1 heterocycles.